The molecule has 2 fully saturated rings. The van der Waals surface area contributed by atoms with Crippen LogP contribution in [0.15, 0.2) is 24.3 Å². The Labute approximate surface area is 121 Å². The molecule has 0 spiro atoms. The molecule has 3 atom stereocenters. The molecule has 1 aromatic carbocycles. The van der Waals surface area contributed by atoms with E-state index in [1.54, 1.807) is 0 Å². The van der Waals surface area contributed by atoms with Gasteiger partial charge in [0.1, 0.15) is 5.60 Å². The molecular formula is C16H20ClNO. The van der Waals surface area contributed by atoms with E-state index < -0.39 is 5.60 Å². The fourth-order valence-electron chi connectivity index (χ4n) is 3.14. The zero-order valence-electron chi connectivity index (χ0n) is 11.1. The number of rotatable bonds is 0. The molecule has 0 saturated carbocycles. The van der Waals surface area contributed by atoms with Gasteiger partial charge in [0.15, 0.2) is 0 Å². The van der Waals surface area contributed by atoms with Crippen molar-refractivity contribution in [2.45, 2.75) is 50.3 Å². The van der Waals surface area contributed by atoms with Gasteiger partial charge in [0, 0.05) is 30.5 Å². The minimum absolute atomic E-state index is 0. The van der Waals surface area contributed by atoms with Gasteiger partial charge in [-0.3, -0.25) is 0 Å². The molecule has 102 valence electrons. The van der Waals surface area contributed by atoms with Crippen LogP contribution in [0, 0.1) is 18.8 Å². The molecule has 0 amide bonds. The Balaban J connectivity index is 0.00000133. The molecule has 2 aliphatic heterocycles. The summed E-state index contributed by atoms with van der Waals surface area (Å²) in [6.45, 7) is 2.06. The quantitative estimate of drug-likeness (QED) is 0.714. The number of hydrogen-bond donors (Lipinski definition) is 2. The van der Waals surface area contributed by atoms with E-state index in [1.807, 2.05) is 12.1 Å². The number of aryl methyl sites for hydroxylation is 1. The lowest BCUT2D eigenvalue weighted by Gasteiger charge is -2.33. The van der Waals surface area contributed by atoms with Crippen LogP contribution in [0.2, 0.25) is 0 Å². The summed E-state index contributed by atoms with van der Waals surface area (Å²) in [5, 5.41) is 14.1. The molecule has 2 aliphatic rings. The fourth-order valence-corrected chi connectivity index (χ4v) is 3.14. The predicted molar refractivity (Wildman–Crippen MR) is 79.4 cm³/mol. The standard InChI is InChI=1S/C16H19NO.ClH/c1-12-3-2-4-13(9-12)7-8-16(18)10-14-5-6-15(11-16)17-14;/h2-4,9,14-15,17-18H,5-6,10-11H2,1H3;1H/t14-,15+,16?;. The van der Waals surface area contributed by atoms with Gasteiger partial charge in [-0.25, -0.2) is 0 Å². The van der Waals surface area contributed by atoms with Crippen LogP contribution in [0.1, 0.15) is 36.8 Å². The van der Waals surface area contributed by atoms with Crippen molar-refractivity contribution >= 4 is 12.4 Å². The van der Waals surface area contributed by atoms with Crippen LogP contribution in [0.5, 0.6) is 0 Å². The number of piperidine rings is 1. The highest BCUT2D eigenvalue weighted by atomic mass is 35.5. The molecule has 2 bridgehead atoms. The maximum atomic E-state index is 10.6. The maximum Gasteiger partial charge on any atom is 0.128 e. The summed E-state index contributed by atoms with van der Waals surface area (Å²) in [7, 11) is 0. The van der Waals surface area contributed by atoms with Crippen LogP contribution in [0.3, 0.4) is 0 Å². The Bertz CT molecular complexity index is 505. The Morgan fingerprint density at radius 1 is 1.26 bits per heavy atom. The third kappa shape index (κ3) is 3.30. The number of benzene rings is 1. The van der Waals surface area contributed by atoms with E-state index in [4.69, 9.17) is 0 Å². The summed E-state index contributed by atoms with van der Waals surface area (Å²) in [5.74, 6) is 6.24. The smallest absolute Gasteiger partial charge is 0.128 e. The van der Waals surface area contributed by atoms with Gasteiger partial charge in [0.2, 0.25) is 0 Å². The molecule has 1 unspecified atom stereocenters. The lowest BCUT2D eigenvalue weighted by atomic mass is 9.88. The van der Waals surface area contributed by atoms with Gasteiger partial charge in [-0.1, -0.05) is 24.0 Å². The average Bonchev–Trinajstić information content (AvgIpc) is 2.67. The van der Waals surface area contributed by atoms with E-state index in [9.17, 15) is 5.11 Å². The number of hydrogen-bond acceptors (Lipinski definition) is 2. The molecule has 3 heteroatoms. The number of nitrogens with one attached hydrogen (secondary N) is 1. The SMILES string of the molecule is Cc1cccc(C#CC2(O)C[C@H]3CC[C@@H](C2)N3)c1.Cl. The van der Waals surface area contributed by atoms with Gasteiger partial charge in [-0.15, -0.1) is 12.4 Å². The molecule has 0 radical (unpaired) electrons. The second kappa shape index (κ2) is 5.54. The van der Waals surface area contributed by atoms with Crippen molar-refractivity contribution in [1.29, 1.82) is 0 Å². The summed E-state index contributed by atoms with van der Waals surface area (Å²) in [6.07, 6.45) is 3.89. The molecule has 2 saturated heterocycles. The molecule has 2 nitrogen and oxygen atoms in total. The van der Waals surface area contributed by atoms with E-state index in [0.29, 0.717) is 12.1 Å². The Kier molecular flexibility index (Phi) is 4.20. The van der Waals surface area contributed by atoms with Crippen molar-refractivity contribution in [3.63, 3.8) is 0 Å². The monoisotopic (exact) mass is 277 g/mol. The minimum atomic E-state index is -0.791. The van der Waals surface area contributed by atoms with Gasteiger partial charge < -0.3 is 10.4 Å². The molecule has 2 N–H and O–H groups in total. The lowest BCUT2D eigenvalue weighted by molar-refractivity contribution is 0.0480. The molecule has 0 aromatic heterocycles. The zero-order valence-corrected chi connectivity index (χ0v) is 12.0. The predicted octanol–water partition coefficient (Wildman–Crippen LogP) is 2.41. The third-order valence-corrected chi connectivity index (χ3v) is 3.96. The highest BCUT2D eigenvalue weighted by Gasteiger charge is 2.41. The number of fused-ring (bicyclic) bond motifs is 2. The van der Waals surface area contributed by atoms with Crippen LogP contribution in [-0.2, 0) is 0 Å². The molecule has 1 aromatic rings. The highest BCUT2D eigenvalue weighted by Crippen LogP contribution is 2.33. The largest absolute Gasteiger partial charge is 0.377 e. The van der Waals surface area contributed by atoms with Crippen molar-refractivity contribution in [3.8, 4) is 11.8 Å². The lowest BCUT2D eigenvalue weighted by Crippen LogP contribution is -2.47. The summed E-state index contributed by atoms with van der Waals surface area (Å²) in [5.41, 5.74) is 1.41. The summed E-state index contributed by atoms with van der Waals surface area (Å²) < 4.78 is 0. The normalized spacial score (nSPS) is 32.1. The fraction of sp³-hybridized carbons (Fsp3) is 0.500. The minimum Gasteiger partial charge on any atom is -0.377 e. The first-order chi connectivity index (χ1) is 8.63. The van der Waals surface area contributed by atoms with Gasteiger partial charge in [-0.05, 0) is 37.5 Å². The van der Waals surface area contributed by atoms with E-state index in [2.05, 4.69) is 36.2 Å². The van der Waals surface area contributed by atoms with Crippen molar-refractivity contribution < 1.29 is 5.11 Å². The van der Waals surface area contributed by atoms with E-state index in [0.717, 1.165) is 18.4 Å². The van der Waals surface area contributed by atoms with Crippen LogP contribution in [0.4, 0.5) is 0 Å². The Hall–Kier alpha value is -1.01. The van der Waals surface area contributed by atoms with E-state index >= 15 is 0 Å². The Morgan fingerprint density at radius 3 is 2.58 bits per heavy atom. The van der Waals surface area contributed by atoms with Gasteiger partial charge in [0.05, 0.1) is 0 Å². The van der Waals surface area contributed by atoms with E-state index in [-0.39, 0.29) is 12.4 Å². The maximum absolute atomic E-state index is 10.6. The van der Waals surface area contributed by atoms with Crippen LogP contribution < -0.4 is 5.32 Å². The van der Waals surface area contributed by atoms with Crippen LogP contribution in [0.25, 0.3) is 0 Å². The topological polar surface area (TPSA) is 32.3 Å². The first-order valence-corrected chi connectivity index (χ1v) is 6.71. The Morgan fingerprint density at radius 2 is 1.95 bits per heavy atom. The first-order valence-electron chi connectivity index (χ1n) is 6.71. The summed E-state index contributed by atoms with van der Waals surface area (Å²) in [4.78, 5) is 0. The van der Waals surface area contributed by atoms with E-state index in [1.165, 1.54) is 18.4 Å². The highest BCUT2D eigenvalue weighted by molar-refractivity contribution is 5.85. The molecule has 3 rings (SSSR count). The summed E-state index contributed by atoms with van der Waals surface area (Å²) in [6, 6.07) is 9.05. The van der Waals surface area contributed by atoms with Crippen molar-refractivity contribution in [2.24, 2.45) is 0 Å². The first kappa shape index (κ1) is 14.4. The second-order valence-corrected chi connectivity index (χ2v) is 5.70. The third-order valence-electron chi connectivity index (χ3n) is 3.96. The molecule has 19 heavy (non-hydrogen) atoms. The number of halogens is 1. The average molecular weight is 278 g/mol. The summed E-state index contributed by atoms with van der Waals surface area (Å²) >= 11 is 0. The number of aliphatic hydroxyl groups is 1. The molecule has 2 heterocycles. The molecule has 0 aliphatic carbocycles. The molecular weight excluding hydrogens is 258 g/mol. The van der Waals surface area contributed by atoms with Gasteiger partial charge >= 0.3 is 0 Å². The second-order valence-electron chi connectivity index (χ2n) is 5.70. The van der Waals surface area contributed by atoms with Crippen molar-refractivity contribution in [2.75, 3.05) is 0 Å². The van der Waals surface area contributed by atoms with Crippen molar-refractivity contribution in [1.82, 2.24) is 5.32 Å². The van der Waals surface area contributed by atoms with Crippen LogP contribution in [-0.4, -0.2) is 22.8 Å². The van der Waals surface area contributed by atoms with Gasteiger partial charge in [-0.2, -0.15) is 0 Å². The zero-order chi connectivity index (χ0) is 12.6. The van der Waals surface area contributed by atoms with Crippen LogP contribution >= 0.6 is 12.4 Å². The van der Waals surface area contributed by atoms with Crippen molar-refractivity contribution in [3.05, 3.63) is 35.4 Å². The van der Waals surface area contributed by atoms with Gasteiger partial charge in [0.25, 0.3) is 0 Å².